The number of hydrogen-bond donors (Lipinski definition) is 1. The maximum Gasteiger partial charge on any atom is 0.416 e. The van der Waals surface area contributed by atoms with Crippen molar-refractivity contribution in [2.45, 2.75) is 19.1 Å². The number of hydrogen-bond acceptors (Lipinski definition) is 8. The van der Waals surface area contributed by atoms with Crippen LogP contribution < -0.4 is 4.74 Å². The highest BCUT2D eigenvalue weighted by molar-refractivity contribution is 8.26. The zero-order valence-corrected chi connectivity index (χ0v) is 26.1. The number of benzene rings is 2. The van der Waals surface area contributed by atoms with Gasteiger partial charge < -0.3 is 14.6 Å². The third kappa shape index (κ3) is 8.22. The largest absolute Gasteiger partial charge is 0.493 e. The number of thioether (sulfide) groups is 1. The maximum absolute atomic E-state index is 13.3. The third-order valence-electron chi connectivity index (χ3n) is 7.08. The number of carboxylic acid groups (broad SMARTS) is 1. The van der Waals surface area contributed by atoms with Gasteiger partial charge in [-0.2, -0.15) is 13.2 Å². The SMILES string of the molecule is O=C(O)c1ccc(OCCCN2C(=O)C(=Cc3cccc(-c4cc(C(F)(F)F)ccc4Cl)n3)SC2=S)c(CN2CCOCC2)c1. The first-order valence-electron chi connectivity index (χ1n) is 13.9. The van der Waals surface area contributed by atoms with Crippen LogP contribution in [-0.4, -0.2) is 75.5 Å². The number of aromatic carboxylic acids is 1. The molecule has 0 bridgehead atoms. The van der Waals surface area contributed by atoms with Gasteiger partial charge in [0.25, 0.3) is 5.91 Å². The van der Waals surface area contributed by atoms with Crippen molar-refractivity contribution >= 4 is 57.9 Å². The van der Waals surface area contributed by atoms with Crippen LogP contribution in [0.3, 0.4) is 0 Å². The fraction of sp³-hybridized carbons (Fsp3) is 0.290. The lowest BCUT2D eigenvalue weighted by molar-refractivity contribution is -0.137. The average Bonchev–Trinajstić information content (AvgIpc) is 3.27. The molecule has 2 saturated heterocycles. The Kier molecular flexibility index (Phi) is 10.4. The second-order valence-electron chi connectivity index (χ2n) is 10.2. The van der Waals surface area contributed by atoms with Crippen LogP contribution in [-0.2, 0) is 22.3 Å². The molecular formula is C31H27ClF3N3O5S2. The molecule has 8 nitrogen and oxygen atoms in total. The highest BCUT2D eigenvalue weighted by Gasteiger charge is 2.33. The van der Waals surface area contributed by atoms with Crippen LogP contribution in [0.5, 0.6) is 5.75 Å². The van der Waals surface area contributed by atoms with Gasteiger partial charge in [-0.15, -0.1) is 0 Å². The van der Waals surface area contributed by atoms with Crippen LogP contribution in [0, 0.1) is 0 Å². The summed E-state index contributed by atoms with van der Waals surface area (Å²) in [6.07, 6.45) is -2.53. The zero-order valence-electron chi connectivity index (χ0n) is 23.7. The molecule has 5 rings (SSSR count). The summed E-state index contributed by atoms with van der Waals surface area (Å²) in [6, 6.07) is 12.6. The van der Waals surface area contributed by atoms with Crippen LogP contribution in [0.1, 0.15) is 33.6 Å². The van der Waals surface area contributed by atoms with Gasteiger partial charge in [-0.25, -0.2) is 9.78 Å². The summed E-state index contributed by atoms with van der Waals surface area (Å²) in [5, 5.41) is 9.56. The number of carbonyl (C=O) groups is 2. The number of amides is 1. The van der Waals surface area contributed by atoms with E-state index >= 15 is 0 Å². The minimum atomic E-state index is -4.54. The Morgan fingerprint density at radius 1 is 1.16 bits per heavy atom. The lowest BCUT2D eigenvalue weighted by Crippen LogP contribution is -2.35. The van der Waals surface area contributed by atoms with Crippen molar-refractivity contribution in [3.63, 3.8) is 0 Å². The average molecular weight is 678 g/mol. The lowest BCUT2D eigenvalue weighted by Gasteiger charge is -2.27. The molecule has 2 aliphatic rings. The van der Waals surface area contributed by atoms with Crippen LogP contribution in [0.4, 0.5) is 13.2 Å². The van der Waals surface area contributed by atoms with Gasteiger partial charge in [-0.05, 0) is 61.0 Å². The van der Waals surface area contributed by atoms with Crippen molar-refractivity contribution < 1.29 is 37.3 Å². The number of carbonyl (C=O) groups excluding carboxylic acids is 1. The molecule has 0 atom stereocenters. The van der Waals surface area contributed by atoms with E-state index in [9.17, 15) is 27.9 Å². The molecule has 2 aromatic carbocycles. The fourth-order valence-electron chi connectivity index (χ4n) is 4.79. The van der Waals surface area contributed by atoms with Crippen molar-refractivity contribution in [2.75, 3.05) is 39.5 Å². The van der Waals surface area contributed by atoms with E-state index in [2.05, 4.69) is 9.88 Å². The Morgan fingerprint density at radius 2 is 1.93 bits per heavy atom. The maximum atomic E-state index is 13.3. The molecule has 1 amide bonds. The van der Waals surface area contributed by atoms with E-state index in [0.717, 1.165) is 42.5 Å². The number of nitrogens with zero attached hydrogens (tertiary/aromatic N) is 3. The third-order valence-corrected chi connectivity index (χ3v) is 8.79. The molecule has 14 heteroatoms. The molecular weight excluding hydrogens is 651 g/mol. The quantitative estimate of drug-likeness (QED) is 0.144. The number of halogens is 4. The standard InChI is InChI=1S/C31H27ClF3N3O5S2/c32-24-7-6-21(31(33,34)35)16-23(24)25-4-1-3-22(36-25)17-27-28(39)38(30(44)45-27)9-2-12-43-26-8-5-19(29(40)41)15-20(26)18-37-10-13-42-14-11-37/h1,3-8,15-17H,2,9-14,18H2,(H,40,41). The first-order chi connectivity index (χ1) is 21.5. The predicted octanol–water partition coefficient (Wildman–Crippen LogP) is 6.62. The normalized spacial score (nSPS) is 16.9. The van der Waals surface area contributed by atoms with Gasteiger partial charge in [0, 0.05) is 42.3 Å². The predicted molar refractivity (Wildman–Crippen MR) is 169 cm³/mol. The van der Waals surface area contributed by atoms with Gasteiger partial charge in [0.15, 0.2) is 0 Å². The first kappa shape index (κ1) is 32.9. The molecule has 236 valence electrons. The molecule has 1 aromatic heterocycles. The highest BCUT2D eigenvalue weighted by Crippen LogP contribution is 2.36. The van der Waals surface area contributed by atoms with E-state index < -0.39 is 17.7 Å². The molecule has 0 aliphatic carbocycles. The number of thiocarbonyl (C=S) groups is 1. The minimum absolute atomic E-state index is 0.118. The van der Waals surface area contributed by atoms with Gasteiger partial charge in [0.05, 0.1) is 47.2 Å². The highest BCUT2D eigenvalue weighted by atomic mass is 35.5. The Hall–Kier alpha value is -3.49. The number of rotatable bonds is 10. The van der Waals surface area contributed by atoms with Crippen molar-refractivity contribution in [2.24, 2.45) is 0 Å². The van der Waals surface area contributed by atoms with E-state index in [4.69, 9.17) is 33.3 Å². The molecule has 0 saturated carbocycles. The lowest BCUT2D eigenvalue weighted by atomic mass is 10.1. The number of ether oxygens (including phenoxy) is 2. The van der Waals surface area contributed by atoms with Crippen molar-refractivity contribution in [3.05, 3.63) is 86.9 Å². The van der Waals surface area contributed by atoms with Gasteiger partial charge in [0.1, 0.15) is 10.1 Å². The molecule has 0 radical (unpaired) electrons. The summed E-state index contributed by atoms with van der Waals surface area (Å²) in [5.74, 6) is -0.759. The van der Waals surface area contributed by atoms with Gasteiger partial charge in [-0.1, -0.05) is 41.6 Å². The second kappa shape index (κ2) is 14.3. The Morgan fingerprint density at radius 3 is 2.67 bits per heavy atom. The summed E-state index contributed by atoms with van der Waals surface area (Å²) in [6.45, 7) is 3.77. The van der Waals surface area contributed by atoms with E-state index in [1.807, 2.05) is 0 Å². The fourth-order valence-corrected chi connectivity index (χ4v) is 6.30. The van der Waals surface area contributed by atoms with Crippen LogP contribution in [0.2, 0.25) is 5.02 Å². The summed E-state index contributed by atoms with van der Waals surface area (Å²) < 4.78 is 51.6. The van der Waals surface area contributed by atoms with E-state index in [0.29, 0.717) is 53.4 Å². The van der Waals surface area contributed by atoms with E-state index in [1.165, 1.54) is 17.0 Å². The topological polar surface area (TPSA) is 92.2 Å². The van der Waals surface area contributed by atoms with E-state index in [1.54, 1.807) is 36.4 Å². The minimum Gasteiger partial charge on any atom is -0.493 e. The van der Waals surface area contributed by atoms with Crippen LogP contribution in [0.15, 0.2) is 59.5 Å². The number of morpholine rings is 1. The molecule has 45 heavy (non-hydrogen) atoms. The molecule has 2 fully saturated rings. The Labute approximate surface area is 271 Å². The van der Waals surface area contributed by atoms with Gasteiger partial charge in [0.2, 0.25) is 0 Å². The molecule has 0 unspecified atom stereocenters. The monoisotopic (exact) mass is 677 g/mol. The molecule has 0 spiro atoms. The van der Waals surface area contributed by atoms with Crippen LogP contribution in [0.25, 0.3) is 17.3 Å². The van der Waals surface area contributed by atoms with E-state index in [-0.39, 0.29) is 34.4 Å². The summed E-state index contributed by atoms with van der Waals surface area (Å²) >= 11 is 12.7. The summed E-state index contributed by atoms with van der Waals surface area (Å²) in [7, 11) is 0. The summed E-state index contributed by atoms with van der Waals surface area (Å²) in [5.41, 5.74) is 0.809. The van der Waals surface area contributed by atoms with Crippen LogP contribution >= 0.6 is 35.6 Å². The first-order valence-corrected chi connectivity index (χ1v) is 15.5. The molecule has 2 aliphatic heterocycles. The summed E-state index contributed by atoms with van der Waals surface area (Å²) in [4.78, 5) is 33.1. The van der Waals surface area contributed by atoms with Crippen molar-refractivity contribution in [1.82, 2.24) is 14.8 Å². The molecule has 1 N–H and O–H groups in total. The number of alkyl halides is 3. The van der Waals surface area contributed by atoms with Gasteiger partial charge >= 0.3 is 12.1 Å². The van der Waals surface area contributed by atoms with Crippen molar-refractivity contribution in [1.29, 1.82) is 0 Å². The number of aromatic nitrogens is 1. The smallest absolute Gasteiger partial charge is 0.416 e. The second-order valence-corrected chi connectivity index (χ2v) is 12.3. The zero-order chi connectivity index (χ0) is 32.1. The molecule has 3 heterocycles. The molecule has 3 aromatic rings. The number of pyridine rings is 1. The van der Waals surface area contributed by atoms with Gasteiger partial charge in [-0.3, -0.25) is 14.6 Å². The Bertz CT molecular complexity index is 1650. The Balaban J connectivity index is 1.22. The van der Waals surface area contributed by atoms with Crippen molar-refractivity contribution in [3.8, 4) is 17.0 Å². The number of carboxylic acids is 1.